The molecule has 0 saturated heterocycles. The largest absolute Gasteiger partial charge is 0.490 e. The van der Waals surface area contributed by atoms with Gasteiger partial charge in [-0.1, -0.05) is 19.1 Å². The Morgan fingerprint density at radius 3 is 2.53 bits per heavy atom. The summed E-state index contributed by atoms with van der Waals surface area (Å²) in [6, 6.07) is 10.4. The van der Waals surface area contributed by atoms with Crippen LogP contribution in [-0.4, -0.2) is 37.2 Å². The van der Waals surface area contributed by atoms with Crippen molar-refractivity contribution in [2.24, 2.45) is 17.1 Å². The quantitative estimate of drug-likeness (QED) is 0.679. The summed E-state index contributed by atoms with van der Waals surface area (Å²) in [6.45, 7) is 13.1. The molecule has 0 fully saturated rings. The Balaban J connectivity index is 2.20. The average Bonchev–Trinajstić information content (AvgIpc) is 2.77. The molecule has 0 aromatic heterocycles. The molecule has 170 valence electrons. The van der Waals surface area contributed by atoms with Gasteiger partial charge in [0.15, 0.2) is 16.9 Å². The van der Waals surface area contributed by atoms with E-state index in [2.05, 4.69) is 30.0 Å². The minimum atomic E-state index is -1.44. The Kier molecular flexibility index (Phi) is 7.16. The highest BCUT2D eigenvalue weighted by Gasteiger charge is 2.53. The summed E-state index contributed by atoms with van der Waals surface area (Å²) >= 11 is 0. The number of allylic oxidation sites excluding steroid dienone is 2. The van der Waals surface area contributed by atoms with Crippen LogP contribution >= 0.6 is 0 Å². The summed E-state index contributed by atoms with van der Waals surface area (Å²) in [5.41, 5.74) is 8.34. The lowest BCUT2D eigenvalue weighted by atomic mass is 9.58. The monoisotopic (exact) mass is 434 g/mol. The van der Waals surface area contributed by atoms with Crippen molar-refractivity contribution in [3.63, 3.8) is 0 Å². The number of nitriles is 2. The smallest absolute Gasteiger partial charge is 0.190 e. The number of benzene rings is 1. The lowest BCUT2D eigenvalue weighted by molar-refractivity contribution is 0.205. The Labute approximate surface area is 191 Å². The van der Waals surface area contributed by atoms with E-state index in [4.69, 9.17) is 15.2 Å². The second-order valence-corrected chi connectivity index (χ2v) is 8.88. The Bertz CT molecular complexity index is 982. The van der Waals surface area contributed by atoms with E-state index in [9.17, 15) is 10.5 Å². The molecular weight excluding hydrogens is 400 g/mol. The number of rotatable bonds is 7. The van der Waals surface area contributed by atoms with Gasteiger partial charge in [0.25, 0.3) is 0 Å². The predicted molar refractivity (Wildman–Crippen MR) is 125 cm³/mol. The zero-order valence-corrected chi connectivity index (χ0v) is 19.8. The van der Waals surface area contributed by atoms with E-state index in [1.165, 1.54) is 0 Å². The third-order valence-electron chi connectivity index (χ3n) is 6.44. The highest BCUT2D eigenvalue weighted by atomic mass is 16.5. The molecule has 3 rings (SSSR count). The van der Waals surface area contributed by atoms with Crippen LogP contribution in [0.1, 0.15) is 52.5 Å². The SMILES string of the molecule is CCCN1CC=C2C(C)=C(N)C(C#N)(C#N)[C@@H](c3ccc(OC(C)C)c(OCC)c3)[C@@H]2C1. The zero-order chi connectivity index (χ0) is 23.5. The van der Waals surface area contributed by atoms with Gasteiger partial charge in [0.05, 0.1) is 24.8 Å². The molecule has 2 aliphatic rings. The fraction of sp³-hybridized carbons (Fsp3) is 0.538. The first-order valence-electron chi connectivity index (χ1n) is 11.5. The summed E-state index contributed by atoms with van der Waals surface area (Å²) in [5, 5.41) is 20.6. The van der Waals surface area contributed by atoms with Crippen molar-refractivity contribution in [1.82, 2.24) is 4.90 Å². The molecule has 6 nitrogen and oxygen atoms in total. The van der Waals surface area contributed by atoms with Crippen molar-refractivity contribution in [2.45, 2.75) is 53.1 Å². The first kappa shape index (κ1) is 23.7. The van der Waals surface area contributed by atoms with E-state index in [0.717, 1.165) is 42.8 Å². The highest BCUT2D eigenvalue weighted by Crippen LogP contribution is 2.54. The second kappa shape index (κ2) is 9.67. The molecule has 0 saturated carbocycles. The van der Waals surface area contributed by atoms with Gasteiger partial charge < -0.3 is 15.2 Å². The summed E-state index contributed by atoms with van der Waals surface area (Å²) in [6.07, 6.45) is 3.27. The van der Waals surface area contributed by atoms with Gasteiger partial charge in [-0.15, -0.1) is 0 Å². The lowest BCUT2D eigenvalue weighted by Gasteiger charge is -2.46. The molecule has 0 radical (unpaired) electrons. The van der Waals surface area contributed by atoms with Crippen LogP contribution in [0.25, 0.3) is 0 Å². The molecule has 6 heteroatoms. The van der Waals surface area contributed by atoms with Crippen molar-refractivity contribution >= 4 is 0 Å². The summed E-state index contributed by atoms with van der Waals surface area (Å²) in [4.78, 5) is 2.38. The molecule has 0 amide bonds. The number of nitrogens with zero attached hydrogens (tertiary/aromatic N) is 3. The van der Waals surface area contributed by atoms with Crippen LogP contribution in [0.5, 0.6) is 11.5 Å². The first-order valence-corrected chi connectivity index (χ1v) is 11.5. The van der Waals surface area contributed by atoms with Gasteiger partial charge in [-0.05, 0) is 69.5 Å². The summed E-state index contributed by atoms with van der Waals surface area (Å²) in [7, 11) is 0. The van der Waals surface area contributed by atoms with E-state index in [0.29, 0.717) is 23.8 Å². The normalized spacial score (nSPS) is 22.6. The fourth-order valence-electron chi connectivity index (χ4n) is 5.07. The van der Waals surface area contributed by atoms with Crippen molar-refractivity contribution in [3.8, 4) is 23.6 Å². The topological polar surface area (TPSA) is 95.3 Å². The lowest BCUT2D eigenvalue weighted by Crippen LogP contribution is -2.48. The van der Waals surface area contributed by atoms with E-state index < -0.39 is 11.3 Å². The number of hydrogen-bond donors (Lipinski definition) is 1. The first-order chi connectivity index (χ1) is 15.3. The number of ether oxygens (including phenoxy) is 2. The average molecular weight is 435 g/mol. The van der Waals surface area contributed by atoms with Crippen LogP contribution in [0.15, 0.2) is 41.1 Å². The van der Waals surface area contributed by atoms with Gasteiger partial charge in [0.2, 0.25) is 0 Å². The maximum absolute atomic E-state index is 10.3. The summed E-state index contributed by atoms with van der Waals surface area (Å²) in [5.74, 6) is 0.875. The Morgan fingerprint density at radius 2 is 1.94 bits per heavy atom. The van der Waals surface area contributed by atoms with Crippen molar-refractivity contribution in [1.29, 1.82) is 10.5 Å². The molecule has 2 atom stereocenters. The molecule has 1 aliphatic heterocycles. The van der Waals surface area contributed by atoms with Gasteiger partial charge >= 0.3 is 0 Å². The zero-order valence-electron chi connectivity index (χ0n) is 19.8. The fourth-order valence-corrected chi connectivity index (χ4v) is 5.07. The standard InChI is InChI=1S/C26H34N4O2/c1-6-11-30-12-10-20-18(5)25(29)26(15-27,16-28)24(21(20)14-30)19-8-9-22(32-17(3)4)23(13-19)31-7-2/h8-10,13,17,21,24H,6-7,11-12,14,29H2,1-5H3/t21-,24+/m1/s1. The van der Waals surface area contributed by atoms with Crippen LogP contribution in [0.3, 0.4) is 0 Å². The molecule has 32 heavy (non-hydrogen) atoms. The molecular formula is C26H34N4O2. The van der Waals surface area contributed by atoms with Crippen LogP contribution in [0.4, 0.5) is 0 Å². The Morgan fingerprint density at radius 1 is 1.22 bits per heavy atom. The van der Waals surface area contributed by atoms with E-state index in [-0.39, 0.29) is 12.0 Å². The van der Waals surface area contributed by atoms with Gasteiger partial charge in [-0.25, -0.2) is 0 Å². The maximum Gasteiger partial charge on any atom is 0.190 e. The third-order valence-corrected chi connectivity index (χ3v) is 6.44. The second-order valence-electron chi connectivity index (χ2n) is 8.88. The van der Waals surface area contributed by atoms with Gasteiger partial charge in [-0.2, -0.15) is 10.5 Å². The highest BCUT2D eigenvalue weighted by molar-refractivity contribution is 5.56. The molecule has 1 aliphatic carbocycles. The third kappa shape index (κ3) is 4.08. The van der Waals surface area contributed by atoms with Gasteiger partial charge in [-0.3, -0.25) is 4.90 Å². The molecule has 1 aromatic carbocycles. The van der Waals surface area contributed by atoms with E-state index in [1.54, 1.807) is 0 Å². The van der Waals surface area contributed by atoms with Crippen molar-refractivity contribution in [3.05, 3.63) is 46.7 Å². The minimum absolute atomic E-state index is 0.00348. The van der Waals surface area contributed by atoms with Crippen molar-refractivity contribution < 1.29 is 9.47 Å². The Hall–Kier alpha value is -2.96. The molecule has 1 aromatic rings. The summed E-state index contributed by atoms with van der Waals surface area (Å²) < 4.78 is 11.8. The van der Waals surface area contributed by atoms with Crippen LogP contribution < -0.4 is 15.2 Å². The maximum atomic E-state index is 10.3. The number of fused-ring (bicyclic) bond motifs is 1. The number of nitrogens with two attached hydrogens (primary N) is 1. The predicted octanol–water partition coefficient (Wildman–Crippen LogP) is 4.50. The minimum Gasteiger partial charge on any atom is -0.490 e. The molecule has 0 bridgehead atoms. The van der Waals surface area contributed by atoms with E-state index in [1.807, 2.05) is 45.9 Å². The van der Waals surface area contributed by atoms with Gasteiger partial charge in [0.1, 0.15) is 0 Å². The number of hydrogen-bond acceptors (Lipinski definition) is 6. The van der Waals surface area contributed by atoms with Crippen molar-refractivity contribution in [2.75, 3.05) is 26.2 Å². The molecule has 0 unspecified atom stereocenters. The molecule has 1 heterocycles. The molecule has 2 N–H and O–H groups in total. The van der Waals surface area contributed by atoms with Crippen LogP contribution in [0.2, 0.25) is 0 Å². The molecule has 0 spiro atoms. The van der Waals surface area contributed by atoms with Crippen LogP contribution in [-0.2, 0) is 0 Å². The van der Waals surface area contributed by atoms with Crippen LogP contribution in [0, 0.1) is 34.0 Å². The van der Waals surface area contributed by atoms with Gasteiger partial charge in [0, 0.05) is 30.6 Å². The van der Waals surface area contributed by atoms with E-state index >= 15 is 0 Å².